The highest BCUT2D eigenvalue weighted by Gasteiger charge is 2.38. The van der Waals surface area contributed by atoms with Gasteiger partial charge in [-0.15, -0.1) is 0 Å². The maximum Gasteiger partial charge on any atom is 0.143 e. The topological polar surface area (TPSA) is 28.9 Å². The van der Waals surface area contributed by atoms with Gasteiger partial charge in [0.25, 0.3) is 0 Å². The second-order valence-electron chi connectivity index (χ2n) is 11.9. The first kappa shape index (κ1) is 22.7. The number of hydrogen-bond acceptors (Lipinski definition) is 1. The Hall–Kier alpha value is -5.08. The van der Waals surface area contributed by atoms with Crippen molar-refractivity contribution < 1.29 is 4.42 Å². The fourth-order valence-electron chi connectivity index (χ4n) is 7.07. The van der Waals surface area contributed by atoms with E-state index in [4.69, 9.17) is 4.42 Å². The molecule has 2 aromatic heterocycles. The van der Waals surface area contributed by atoms with Crippen LogP contribution in [0.1, 0.15) is 25.0 Å². The average molecular weight is 526 g/mol. The summed E-state index contributed by atoms with van der Waals surface area (Å²) >= 11 is 0. The Kier molecular flexibility index (Phi) is 4.42. The van der Waals surface area contributed by atoms with Crippen LogP contribution in [0, 0.1) is 0 Å². The van der Waals surface area contributed by atoms with Gasteiger partial charge in [-0.2, -0.15) is 0 Å². The highest BCUT2D eigenvalue weighted by molar-refractivity contribution is 6.12. The normalized spacial score (nSPS) is 13.8. The number of benzene rings is 6. The first-order valence-corrected chi connectivity index (χ1v) is 14.3. The zero-order valence-corrected chi connectivity index (χ0v) is 23.0. The smallest absolute Gasteiger partial charge is 0.143 e. The Morgan fingerprint density at radius 3 is 1.95 bits per heavy atom. The van der Waals surface area contributed by atoms with Crippen molar-refractivity contribution in [2.45, 2.75) is 19.3 Å². The third-order valence-electron chi connectivity index (χ3n) is 9.22. The summed E-state index contributed by atoms with van der Waals surface area (Å²) in [5.74, 6) is 0. The lowest BCUT2D eigenvalue weighted by Gasteiger charge is -2.22. The van der Waals surface area contributed by atoms with E-state index >= 15 is 0 Å². The summed E-state index contributed by atoms with van der Waals surface area (Å²) in [6.45, 7) is 4.67. The minimum absolute atomic E-state index is 0.122. The summed E-state index contributed by atoms with van der Waals surface area (Å²) in [6, 6.07) is 44.0. The molecule has 2 nitrogen and oxygen atoms in total. The van der Waals surface area contributed by atoms with Gasteiger partial charge in [0.15, 0.2) is 0 Å². The fraction of sp³-hybridized carbons (Fsp3) is 0.0769. The molecule has 0 unspecified atom stereocenters. The van der Waals surface area contributed by atoms with Gasteiger partial charge in [0.05, 0.1) is 0 Å². The summed E-state index contributed by atoms with van der Waals surface area (Å²) < 4.78 is 6.48. The molecule has 8 aromatic rings. The van der Waals surface area contributed by atoms with Crippen LogP contribution in [-0.2, 0) is 5.41 Å². The van der Waals surface area contributed by atoms with Crippen molar-refractivity contribution in [3.05, 3.63) is 132 Å². The van der Waals surface area contributed by atoms with Gasteiger partial charge in [-0.05, 0) is 75.3 Å². The molecule has 0 aliphatic heterocycles. The molecule has 0 saturated heterocycles. The van der Waals surface area contributed by atoms with E-state index in [9.17, 15) is 0 Å². The molecular formula is C39H27NO. The van der Waals surface area contributed by atoms with Crippen LogP contribution in [0.5, 0.6) is 0 Å². The lowest BCUT2D eigenvalue weighted by molar-refractivity contribution is 0.653. The molecule has 1 N–H and O–H groups in total. The maximum absolute atomic E-state index is 6.48. The Labute approximate surface area is 237 Å². The summed E-state index contributed by atoms with van der Waals surface area (Å²) in [6.07, 6.45) is 0. The molecule has 41 heavy (non-hydrogen) atoms. The van der Waals surface area contributed by atoms with Gasteiger partial charge in [-0.25, -0.2) is 0 Å². The number of furan rings is 1. The number of hydrogen-bond donors (Lipinski definition) is 1. The summed E-state index contributed by atoms with van der Waals surface area (Å²) in [4.78, 5) is 3.62. The summed E-state index contributed by atoms with van der Waals surface area (Å²) in [7, 11) is 0. The molecule has 1 aliphatic rings. The highest BCUT2D eigenvalue weighted by Crippen LogP contribution is 2.53. The van der Waals surface area contributed by atoms with Crippen LogP contribution in [0.15, 0.2) is 126 Å². The van der Waals surface area contributed by atoms with Crippen LogP contribution < -0.4 is 0 Å². The van der Waals surface area contributed by atoms with E-state index in [2.05, 4.69) is 134 Å². The van der Waals surface area contributed by atoms with E-state index in [1.54, 1.807) is 0 Å². The van der Waals surface area contributed by atoms with Crippen LogP contribution in [0.2, 0.25) is 0 Å². The minimum atomic E-state index is -0.122. The Morgan fingerprint density at radius 2 is 1.17 bits per heavy atom. The number of fused-ring (bicyclic) bond motifs is 10. The van der Waals surface area contributed by atoms with Gasteiger partial charge >= 0.3 is 0 Å². The van der Waals surface area contributed by atoms with Crippen molar-refractivity contribution in [2.75, 3.05) is 0 Å². The number of rotatable bonds is 2. The number of aromatic amines is 1. The van der Waals surface area contributed by atoms with Gasteiger partial charge in [0.2, 0.25) is 0 Å². The Bertz CT molecular complexity index is 2330. The molecule has 194 valence electrons. The van der Waals surface area contributed by atoms with E-state index in [1.807, 2.05) is 6.07 Å². The SMILES string of the molecule is CC1(C)c2cc(-c3ccc4[nH]c5ccc(-c6ccccc6)cc5c4c3)ccc2-c2c1ccc1c2oc2ccccc21. The van der Waals surface area contributed by atoms with Crippen LogP contribution in [0.25, 0.3) is 77.1 Å². The molecule has 0 amide bonds. The Balaban J connectivity index is 1.21. The molecule has 0 atom stereocenters. The maximum atomic E-state index is 6.48. The van der Waals surface area contributed by atoms with E-state index in [0.717, 1.165) is 22.2 Å². The fourth-order valence-corrected chi connectivity index (χ4v) is 7.07. The van der Waals surface area contributed by atoms with E-state index in [-0.39, 0.29) is 5.41 Å². The van der Waals surface area contributed by atoms with Crippen LogP contribution in [0.4, 0.5) is 0 Å². The third kappa shape index (κ3) is 3.13. The van der Waals surface area contributed by atoms with Gasteiger partial charge in [-0.1, -0.05) is 98.8 Å². The lowest BCUT2D eigenvalue weighted by atomic mass is 9.81. The van der Waals surface area contributed by atoms with Crippen molar-refractivity contribution in [3.8, 4) is 33.4 Å². The number of para-hydroxylation sites is 1. The van der Waals surface area contributed by atoms with Crippen LogP contribution >= 0.6 is 0 Å². The molecule has 0 fully saturated rings. The molecule has 9 rings (SSSR count). The predicted octanol–water partition coefficient (Wildman–Crippen LogP) is 10.9. The minimum Gasteiger partial charge on any atom is -0.455 e. The molecule has 6 aromatic carbocycles. The van der Waals surface area contributed by atoms with Gasteiger partial charge < -0.3 is 9.40 Å². The lowest BCUT2D eigenvalue weighted by Crippen LogP contribution is -2.14. The summed E-state index contributed by atoms with van der Waals surface area (Å²) in [5.41, 5.74) is 14.3. The van der Waals surface area contributed by atoms with Crippen molar-refractivity contribution in [1.29, 1.82) is 0 Å². The van der Waals surface area contributed by atoms with Crippen molar-refractivity contribution >= 4 is 43.7 Å². The molecule has 2 heterocycles. The second-order valence-corrected chi connectivity index (χ2v) is 11.9. The van der Waals surface area contributed by atoms with E-state index in [1.165, 1.54) is 66.1 Å². The molecular weight excluding hydrogens is 498 g/mol. The highest BCUT2D eigenvalue weighted by atomic mass is 16.3. The van der Waals surface area contributed by atoms with Crippen molar-refractivity contribution in [3.63, 3.8) is 0 Å². The monoisotopic (exact) mass is 525 g/mol. The zero-order chi connectivity index (χ0) is 27.3. The molecule has 0 radical (unpaired) electrons. The third-order valence-corrected chi connectivity index (χ3v) is 9.22. The van der Waals surface area contributed by atoms with E-state index < -0.39 is 0 Å². The first-order valence-electron chi connectivity index (χ1n) is 14.3. The molecule has 0 bridgehead atoms. The van der Waals surface area contributed by atoms with Crippen molar-refractivity contribution in [2.24, 2.45) is 0 Å². The molecule has 2 heteroatoms. The first-order chi connectivity index (χ1) is 20.1. The average Bonchev–Trinajstić information content (AvgIpc) is 3.64. The van der Waals surface area contributed by atoms with Gasteiger partial charge in [-0.3, -0.25) is 0 Å². The largest absolute Gasteiger partial charge is 0.455 e. The standard InChI is InChI=1S/C39H27NO/c1-39(2)32-17-16-28-27-10-6-7-11-36(27)41-38(28)37(32)29-15-12-26(22-33(29)39)25-14-19-35-31(21-25)30-20-24(13-18-34(30)40-35)23-8-4-3-5-9-23/h3-22,40H,1-2H3. The molecule has 0 saturated carbocycles. The summed E-state index contributed by atoms with van der Waals surface area (Å²) in [5, 5.41) is 4.87. The van der Waals surface area contributed by atoms with Gasteiger partial charge in [0, 0.05) is 43.6 Å². The Morgan fingerprint density at radius 1 is 0.512 bits per heavy atom. The van der Waals surface area contributed by atoms with E-state index in [0.29, 0.717) is 0 Å². The number of aromatic nitrogens is 1. The van der Waals surface area contributed by atoms with Crippen LogP contribution in [0.3, 0.4) is 0 Å². The van der Waals surface area contributed by atoms with Crippen molar-refractivity contribution in [1.82, 2.24) is 4.98 Å². The molecule has 1 aliphatic carbocycles. The number of nitrogens with one attached hydrogen (secondary N) is 1. The predicted molar refractivity (Wildman–Crippen MR) is 172 cm³/mol. The zero-order valence-electron chi connectivity index (χ0n) is 23.0. The van der Waals surface area contributed by atoms with Gasteiger partial charge in [0.1, 0.15) is 11.2 Å². The molecule has 0 spiro atoms. The quantitative estimate of drug-likeness (QED) is 0.239. The van der Waals surface area contributed by atoms with Crippen LogP contribution in [-0.4, -0.2) is 4.98 Å². The number of H-pyrrole nitrogens is 1. The second kappa shape index (κ2) is 7.99.